The molecule has 2 aromatic carbocycles. The van der Waals surface area contributed by atoms with Gasteiger partial charge in [-0.15, -0.1) is 0 Å². The van der Waals surface area contributed by atoms with Crippen molar-refractivity contribution in [2.75, 3.05) is 12.4 Å². The van der Waals surface area contributed by atoms with E-state index >= 15 is 0 Å². The minimum absolute atomic E-state index is 0.0208. The Morgan fingerprint density at radius 3 is 2.46 bits per heavy atom. The molecule has 0 atom stereocenters. The van der Waals surface area contributed by atoms with Gasteiger partial charge in [0.1, 0.15) is 5.58 Å². The Bertz CT molecular complexity index is 893. The zero-order chi connectivity index (χ0) is 17.1. The van der Waals surface area contributed by atoms with Crippen molar-refractivity contribution in [2.45, 2.75) is 13.5 Å². The second kappa shape index (κ2) is 6.68. The van der Waals surface area contributed by atoms with Gasteiger partial charge >= 0.3 is 0 Å². The van der Waals surface area contributed by atoms with Gasteiger partial charge in [-0.25, -0.2) is 0 Å². The summed E-state index contributed by atoms with van der Waals surface area (Å²) < 4.78 is 10.9. The number of methoxy groups -OCH3 is 1. The molecule has 0 radical (unpaired) electrons. The number of ether oxygens (including phenoxy) is 1. The summed E-state index contributed by atoms with van der Waals surface area (Å²) in [4.78, 5) is 23.9. The summed E-state index contributed by atoms with van der Waals surface area (Å²) in [5.41, 5.74) is 2.54. The molecule has 122 valence electrons. The second-order valence-corrected chi connectivity index (χ2v) is 5.43. The van der Waals surface area contributed by atoms with Gasteiger partial charge in [0.25, 0.3) is 5.91 Å². The Morgan fingerprint density at radius 1 is 1.08 bits per heavy atom. The molecule has 1 aromatic heterocycles. The fraction of sp³-hybridized carbons (Fsp3) is 0.158. The van der Waals surface area contributed by atoms with Crippen LogP contribution < -0.4 is 5.32 Å². The molecule has 0 spiro atoms. The molecule has 0 aliphatic heterocycles. The van der Waals surface area contributed by atoms with Crippen LogP contribution in [0.4, 0.5) is 5.69 Å². The lowest BCUT2D eigenvalue weighted by Crippen LogP contribution is -2.13. The monoisotopic (exact) mass is 323 g/mol. The zero-order valence-electron chi connectivity index (χ0n) is 13.5. The van der Waals surface area contributed by atoms with Crippen LogP contribution in [0.5, 0.6) is 0 Å². The summed E-state index contributed by atoms with van der Waals surface area (Å²) in [6.07, 6.45) is 0. The molecule has 0 fully saturated rings. The van der Waals surface area contributed by atoms with Crippen molar-refractivity contribution in [3.63, 3.8) is 0 Å². The molecule has 1 heterocycles. The van der Waals surface area contributed by atoms with Crippen LogP contribution in [0.2, 0.25) is 0 Å². The zero-order valence-corrected chi connectivity index (χ0v) is 13.5. The van der Waals surface area contributed by atoms with E-state index in [0.717, 1.165) is 5.39 Å². The summed E-state index contributed by atoms with van der Waals surface area (Å²) in [5.74, 6) is -0.143. The summed E-state index contributed by atoms with van der Waals surface area (Å²) in [7, 11) is 1.57. The van der Waals surface area contributed by atoms with Gasteiger partial charge in [0.15, 0.2) is 11.5 Å². The van der Waals surface area contributed by atoms with E-state index in [2.05, 4.69) is 5.32 Å². The average Bonchev–Trinajstić information content (AvgIpc) is 2.95. The van der Waals surface area contributed by atoms with Gasteiger partial charge in [-0.2, -0.15) is 0 Å². The van der Waals surface area contributed by atoms with Gasteiger partial charge in [-0.05, 0) is 37.3 Å². The molecule has 1 amide bonds. The largest absolute Gasteiger partial charge is 0.451 e. The molecule has 0 bridgehead atoms. The smallest absolute Gasteiger partial charge is 0.291 e. The molecular formula is C19H17NO4. The number of carbonyl (C=O) groups is 2. The maximum atomic E-state index is 12.6. The Kier molecular flexibility index (Phi) is 4.44. The van der Waals surface area contributed by atoms with E-state index in [4.69, 9.17) is 9.15 Å². The lowest BCUT2D eigenvalue weighted by Gasteiger charge is -2.06. The van der Waals surface area contributed by atoms with Crippen molar-refractivity contribution in [3.8, 4) is 0 Å². The van der Waals surface area contributed by atoms with Crippen LogP contribution in [-0.4, -0.2) is 18.8 Å². The topological polar surface area (TPSA) is 68.5 Å². The van der Waals surface area contributed by atoms with Crippen LogP contribution in [0.25, 0.3) is 11.0 Å². The number of anilines is 1. The molecule has 3 aromatic rings. The highest BCUT2D eigenvalue weighted by molar-refractivity contribution is 6.06. The standard InChI is InChI=1S/C19H17NO4/c1-12(21)13-7-9-14(10-8-13)20-19(22)18-16(11-23-2)15-5-3-4-6-17(15)24-18/h3-10H,11H2,1-2H3,(H,20,22). The maximum Gasteiger partial charge on any atom is 0.291 e. The normalized spacial score (nSPS) is 10.8. The quantitative estimate of drug-likeness (QED) is 0.720. The Labute approximate surface area is 139 Å². The predicted octanol–water partition coefficient (Wildman–Crippen LogP) is 4.03. The molecule has 0 saturated heterocycles. The van der Waals surface area contributed by atoms with Crippen LogP contribution in [0.3, 0.4) is 0 Å². The van der Waals surface area contributed by atoms with Crippen LogP contribution in [0.1, 0.15) is 33.4 Å². The Balaban J connectivity index is 1.90. The minimum Gasteiger partial charge on any atom is -0.451 e. The number of hydrogen-bond donors (Lipinski definition) is 1. The number of ketones is 1. The molecule has 3 rings (SSSR count). The van der Waals surface area contributed by atoms with Gasteiger partial charge in [0.05, 0.1) is 6.61 Å². The van der Waals surface area contributed by atoms with Crippen molar-refractivity contribution in [2.24, 2.45) is 0 Å². The number of fused-ring (bicyclic) bond motifs is 1. The third-order valence-corrected chi connectivity index (χ3v) is 3.74. The summed E-state index contributed by atoms with van der Waals surface area (Å²) >= 11 is 0. The van der Waals surface area contributed by atoms with E-state index < -0.39 is 0 Å². The summed E-state index contributed by atoms with van der Waals surface area (Å²) in [6.45, 7) is 1.78. The van der Waals surface area contributed by atoms with Gasteiger partial charge in [-0.3, -0.25) is 9.59 Å². The first-order valence-electron chi connectivity index (χ1n) is 7.52. The van der Waals surface area contributed by atoms with Crippen LogP contribution in [-0.2, 0) is 11.3 Å². The summed E-state index contributed by atoms with van der Waals surface area (Å²) in [6, 6.07) is 14.2. The van der Waals surface area contributed by atoms with Crippen LogP contribution >= 0.6 is 0 Å². The molecule has 0 aliphatic carbocycles. The van der Waals surface area contributed by atoms with Gasteiger partial charge in [0.2, 0.25) is 0 Å². The number of benzene rings is 2. The number of Topliss-reactive ketones (excluding diaryl/α,β-unsaturated/α-hetero) is 1. The van der Waals surface area contributed by atoms with Crippen molar-refractivity contribution in [1.29, 1.82) is 0 Å². The number of para-hydroxylation sites is 1. The third kappa shape index (κ3) is 3.07. The molecule has 5 nitrogen and oxygen atoms in total. The average molecular weight is 323 g/mol. The van der Waals surface area contributed by atoms with Crippen LogP contribution in [0, 0.1) is 0 Å². The van der Waals surface area contributed by atoms with E-state index in [0.29, 0.717) is 22.4 Å². The number of carbonyl (C=O) groups excluding carboxylic acids is 2. The third-order valence-electron chi connectivity index (χ3n) is 3.74. The first-order valence-corrected chi connectivity index (χ1v) is 7.52. The van der Waals surface area contributed by atoms with E-state index in [1.165, 1.54) is 6.92 Å². The predicted molar refractivity (Wildman–Crippen MR) is 91.3 cm³/mol. The fourth-order valence-electron chi connectivity index (χ4n) is 2.55. The maximum absolute atomic E-state index is 12.6. The molecule has 24 heavy (non-hydrogen) atoms. The van der Waals surface area contributed by atoms with Crippen molar-refractivity contribution < 1.29 is 18.7 Å². The first-order chi connectivity index (χ1) is 11.6. The number of amides is 1. The van der Waals surface area contributed by atoms with E-state index in [1.54, 1.807) is 31.4 Å². The van der Waals surface area contributed by atoms with Crippen molar-refractivity contribution in [3.05, 3.63) is 65.4 Å². The van der Waals surface area contributed by atoms with E-state index in [9.17, 15) is 9.59 Å². The lowest BCUT2D eigenvalue weighted by atomic mass is 10.1. The highest BCUT2D eigenvalue weighted by atomic mass is 16.5. The number of hydrogen-bond acceptors (Lipinski definition) is 4. The molecule has 0 aliphatic rings. The first kappa shape index (κ1) is 16.0. The van der Waals surface area contributed by atoms with Crippen molar-refractivity contribution in [1.82, 2.24) is 0 Å². The second-order valence-electron chi connectivity index (χ2n) is 5.43. The van der Waals surface area contributed by atoms with E-state index in [-0.39, 0.29) is 24.1 Å². The SMILES string of the molecule is COCc1c(C(=O)Nc2ccc(C(C)=O)cc2)oc2ccccc12. The fourth-order valence-corrected chi connectivity index (χ4v) is 2.55. The number of furan rings is 1. The van der Waals surface area contributed by atoms with Gasteiger partial charge in [-0.1, -0.05) is 18.2 Å². The Hall–Kier alpha value is -2.92. The van der Waals surface area contributed by atoms with Crippen LogP contribution in [0.15, 0.2) is 52.9 Å². The highest BCUT2D eigenvalue weighted by Gasteiger charge is 2.20. The molecule has 1 N–H and O–H groups in total. The number of rotatable bonds is 5. The molecule has 0 saturated carbocycles. The minimum atomic E-state index is -0.353. The molecular weight excluding hydrogens is 306 g/mol. The van der Waals surface area contributed by atoms with Gasteiger partial charge in [0, 0.05) is 29.3 Å². The number of nitrogens with one attached hydrogen (secondary N) is 1. The molecule has 5 heteroatoms. The van der Waals surface area contributed by atoms with Crippen molar-refractivity contribution >= 4 is 28.3 Å². The van der Waals surface area contributed by atoms with Gasteiger partial charge < -0.3 is 14.5 Å². The lowest BCUT2D eigenvalue weighted by molar-refractivity contribution is 0.0990. The Morgan fingerprint density at radius 2 is 1.79 bits per heavy atom. The van der Waals surface area contributed by atoms with E-state index in [1.807, 2.05) is 24.3 Å². The molecule has 0 unspecified atom stereocenters. The summed E-state index contributed by atoms with van der Waals surface area (Å²) in [5, 5.41) is 3.64. The highest BCUT2D eigenvalue weighted by Crippen LogP contribution is 2.27.